The van der Waals surface area contributed by atoms with Gasteiger partial charge in [0, 0.05) is 19.1 Å². The first-order chi connectivity index (χ1) is 9.89. The molecule has 22 heavy (non-hydrogen) atoms. The fourth-order valence-corrected chi connectivity index (χ4v) is 4.43. The normalized spacial score (nSPS) is 18.9. The van der Waals surface area contributed by atoms with Crippen LogP contribution in [-0.4, -0.2) is 43.8 Å². The van der Waals surface area contributed by atoms with Crippen LogP contribution in [0.25, 0.3) is 0 Å². The third-order valence-electron chi connectivity index (χ3n) is 3.48. The molecule has 0 amide bonds. The molecule has 1 aliphatic heterocycles. The van der Waals surface area contributed by atoms with Crippen LogP contribution in [0.1, 0.15) is 12.8 Å². The van der Waals surface area contributed by atoms with E-state index in [0.29, 0.717) is 19.4 Å². The molecule has 0 aromatic heterocycles. The average Bonchev–Trinajstić information content (AvgIpc) is 2.87. The summed E-state index contributed by atoms with van der Waals surface area (Å²) in [6.07, 6.45) is 1.35. The van der Waals surface area contributed by atoms with Crippen LogP contribution in [0.4, 0.5) is 10.1 Å². The SMILES string of the molecule is CNCC1CCCN1S(=O)(=O)c1cccc(F)c1[N+](=O)[O-].Cl. The van der Waals surface area contributed by atoms with Crippen molar-refractivity contribution < 1.29 is 17.7 Å². The third kappa shape index (κ3) is 3.37. The Balaban J connectivity index is 0.00000242. The first-order valence-corrected chi connectivity index (χ1v) is 7.93. The van der Waals surface area contributed by atoms with Crippen LogP contribution in [0, 0.1) is 15.9 Å². The summed E-state index contributed by atoms with van der Waals surface area (Å²) in [5.74, 6) is -1.15. The molecule has 7 nitrogen and oxygen atoms in total. The molecule has 124 valence electrons. The molecule has 1 heterocycles. The quantitative estimate of drug-likeness (QED) is 0.640. The molecule has 0 radical (unpaired) electrons. The maximum atomic E-state index is 13.6. The number of nitro groups is 1. The summed E-state index contributed by atoms with van der Waals surface area (Å²) in [5, 5.41) is 13.9. The highest BCUT2D eigenvalue weighted by atomic mass is 35.5. The van der Waals surface area contributed by atoms with Gasteiger partial charge in [0.15, 0.2) is 4.90 Å². The molecule has 10 heteroatoms. The molecule has 0 saturated carbocycles. The number of nitrogens with zero attached hydrogens (tertiary/aromatic N) is 2. The van der Waals surface area contributed by atoms with Crippen LogP contribution < -0.4 is 5.32 Å². The predicted octanol–water partition coefficient (Wildman–Crippen LogP) is 1.53. The van der Waals surface area contributed by atoms with E-state index in [2.05, 4.69) is 5.32 Å². The summed E-state index contributed by atoms with van der Waals surface area (Å²) < 4.78 is 40.1. The number of para-hydroxylation sites is 1. The van der Waals surface area contributed by atoms with Gasteiger partial charge in [0.2, 0.25) is 15.8 Å². The van der Waals surface area contributed by atoms with Gasteiger partial charge < -0.3 is 5.32 Å². The number of halogens is 2. The Morgan fingerprint density at radius 2 is 2.18 bits per heavy atom. The van der Waals surface area contributed by atoms with E-state index in [9.17, 15) is 22.9 Å². The van der Waals surface area contributed by atoms with Crippen molar-refractivity contribution in [2.75, 3.05) is 20.1 Å². The minimum absolute atomic E-state index is 0. The molecule has 2 rings (SSSR count). The van der Waals surface area contributed by atoms with Crippen molar-refractivity contribution in [1.29, 1.82) is 0 Å². The third-order valence-corrected chi connectivity index (χ3v) is 5.47. The summed E-state index contributed by atoms with van der Waals surface area (Å²) >= 11 is 0. The van der Waals surface area contributed by atoms with Gasteiger partial charge in [-0.1, -0.05) is 6.07 Å². The molecule has 0 aliphatic carbocycles. The van der Waals surface area contributed by atoms with E-state index in [1.807, 2.05) is 0 Å². The molecule has 1 aromatic carbocycles. The second-order valence-electron chi connectivity index (χ2n) is 4.81. The number of nitrogens with one attached hydrogen (secondary N) is 1. The van der Waals surface area contributed by atoms with Gasteiger partial charge in [-0.3, -0.25) is 10.1 Å². The molecule has 1 atom stereocenters. The Morgan fingerprint density at radius 3 is 2.77 bits per heavy atom. The zero-order chi connectivity index (χ0) is 15.6. The van der Waals surface area contributed by atoms with Crippen molar-refractivity contribution in [2.45, 2.75) is 23.8 Å². The largest absolute Gasteiger partial charge is 0.324 e. The van der Waals surface area contributed by atoms with Crippen LogP contribution in [0.3, 0.4) is 0 Å². The minimum Gasteiger partial charge on any atom is -0.318 e. The lowest BCUT2D eigenvalue weighted by atomic mass is 10.2. The molecule has 1 aromatic rings. The number of likely N-dealkylation sites (N-methyl/N-ethyl adjacent to an activating group) is 1. The Kier molecular flexibility index (Phi) is 6.24. The van der Waals surface area contributed by atoms with Crippen molar-refractivity contribution in [3.05, 3.63) is 34.1 Å². The number of rotatable bonds is 5. The van der Waals surface area contributed by atoms with E-state index >= 15 is 0 Å². The van der Waals surface area contributed by atoms with Crippen molar-refractivity contribution in [1.82, 2.24) is 9.62 Å². The van der Waals surface area contributed by atoms with Gasteiger partial charge >= 0.3 is 5.69 Å². The van der Waals surface area contributed by atoms with Crippen LogP contribution in [0.2, 0.25) is 0 Å². The molecular weight excluding hydrogens is 337 g/mol. The summed E-state index contributed by atoms with van der Waals surface area (Å²) in [5.41, 5.74) is -0.993. The Bertz CT molecular complexity index is 656. The topological polar surface area (TPSA) is 92.6 Å². The maximum absolute atomic E-state index is 13.6. The van der Waals surface area contributed by atoms with Crippen molar-refractivity contribution in [3.8, 4) is 0 Å². The van der Waals surface area contributed by atoms with Crippen LogP contribution in [0.5, 0.6) is 0 Å². The van der Waals surface area contributed by atoms with Crippen LogP contribution in [0.15, 0.2) is 23.1 Å². The van der Waals surface area contributed by atoms with Gasteiger partial charge in [0.1, 0.15) is 0 Å². The fraction of sp³-hybridized carbons (Fsp3) is 0.500. The second kappa shape index (κ2) is 7.32. The average molecular weight is 354 g/mol. The van der Waals surface area contributed by atoms with E-state index in [0.717, 1.165) is 12.1 Å². The zero-order valence-corrected chi connectivity index (χ0v) is 13.5. The molecule has 1 fully saturated rings. The Morgan fingerprint density at radius 1 is 1.50 bits per heavy atom. The summed E-state index contributed by atoms with van der Waals surface area (Å²) in [6.45, 7) is 0.727. The number of nitro benzene ring substituents is 1. The van der Waals surface area contributed by atoms with Gasteiger partial charge in [-0.2, -0.15) is 8.70 Å². The van der Waals surface area contributed by atoms with E-state index < -0.39 is 31.3 Å². The summed E-state index contributed by atoms with van der Waals surface area (Å²) in [7, 11) is -2.39. The molecule has 1 N–H and O–H groups in total. The number of hydrogen-bond donors (Lipinski definition) is 1. The Hall–Kier alpha value is -1.29. The Labute approximate surface area is 134 Å². The first-order valence-electron chi connectivity index (χ1n) is 6.49. The van der Waals surface area contributed by atoms with Crippen molar-refractivity contribution in [2.24, 2.45) is 0 Å². The lowest BCUT2D eigenvalue weighted by Crippen LogP contribution is -2.41. The van der Waals surface area contributed by atoms with E-state index in [1.54, 1.807) is 7.05 Å². The van der Waals surface area contributed by atoms with Gasteiger partial charge in [0.05, 0.1) is 4.92 Å². The molecule has 0 spiro atoms. The minimum atomic E-state index is -4.10. The van der Waals surface area contributed by atoms with Crippen molar-refractivity contribution >= 4 is 28.1 Å². The summed E-state index contributed by atoms with van der Waals surface area (Å²) in [4.78, 5) is 9.40. The molecular formula is C12H17ClFN3O4S. The number of hydrogen-bond acceptors (Lipinski definition) is 5. The predicted molar refractivity (Wildman–Crippen MR) is 81.1 cm³/mol. The van der Waals surface area contributed by atoms with Crippen LogP contribution >= 0.6 is 12.4 Å². The molecule has 0 bridgehead atoms. The standard InChI is InChI=1S/C12H16FN3O4S.ClH/c1-14-8-9-4-3-7-15(9)21(19,20)11-6-2-5-10(13)12(11)16(17)18;/h2,5-6,9,14H,3-4,7-8H2,1H3;1H. The fourth-order valence-electron chi connectivity index (χ4n) is 2.57. The lowest BCUT2D eigenvalue weighted by molar-refractivity contribution is -0.390. The number of sulfonamides is 1. The highest BCUT2D eigenvalue weighted by Gasteiger charge is 2.39. The van der Waals surface area contributed by atoms with Gasteiger partial charge in [0.25, 0.3) is 0 Å². The van der Waals surface area contributed by atoms with Gasteiger partial charge in [-0.25, -0.2) is 8.42 Å². The highest BCUT2D eigenvalue weighted by molar-refractivity contribution is 7.89. The second-order valence-corrected chi connectivity index (χ2v) is 6.67. The first kappa shape index (κ1) is 18.8. The van der Waals surface area contributed by atoms with Crippen molar-refractivity contribution in [3.63, 3.8) is 0 Å². The highest BCUT2D eigenvalue weighted by Crippen LogP contribution is 2.32. The maximum Gasteiger partial charge on any atom is 0.324 e. The van der Waals surface area contributed by atoms with Crippen LogP contribution in [-0.2, 0) is 10.0 Å². The zero-order valence-electron chi connectivity index (χ0n) is 11.9. The lowest BCUT2D eigenvalue weighted by Gasteiger charge is -2.23. The molecule has 1 saturated heterocycles. The van der Waals surface area contributed by atoms with E-state index in [-0.39, 0.29) is 25.0 Å². The van der Waals surface area contributed by atoms with E-state index in [4.69, 9.17) is 0 Å². The molecule has 1 unspecified atom stereocenters. The number of benzene rings is 1. The smallest absolute Gasteiger partial charge is 0.318 e. The summed E-state index contributed by atoms with van der Waals surface area (Å²) in [6, 6.07) is 2.85. The van der Waals surface area contributed by atoms with Gasteiger partial charge in [-0.05, 0) is 32.0 Å². The van der Waals surface area contributed by atoms with E-state index in [1.165, 1.54) is 10.4 Å². The molecule has 1 aliphatic rings. The monoisotopic (exact) mass is 353 g/mol. The van der Waals surface area contributed by atoms with Gasteiger partial charge in [-0.15, -0.1) is 12.4 Å².